The molecule has 0 spiro atoms. The van der Waals surface area contributed by atoms with Crippen LogP contribution in [0.1, 0.15) is 24.0 Å². The Bertz CT molecular complexity index is 542. The van der Waals surface area contributed by atoms with Gasteiger partial charge in [-0.05, 0) is 25.2 Å². The van der Waals surface area contributed by atoms with Gasteiger partial charge in [-0.1, -0.05) is 24.3 Å². The van der Waals surface area contributed by atoms with Crippen molar-refractivity contribution in [3.05, 3.63) is 35.4 Å². The fraction of sp³-hybridized carbons (Fsp3) is 0.500. The lowest BCUT2D eigenvalue weighted by atomic mass is 9.88. The summed E-state index contributed by atoms with van der Waals surface area (Å²) in [6, 6.07) is 8.02. The Morgan fingerprint density at radius 1 is 1.33 bits per heavy atom. The first-order valence-corrected chi connectivity index (χ1v) is 7.10. The molecule has 1 aromatic rings. The quantitative estimate of drug-likeness (QED) is 0.910. The van der Waals surface area contributed by atoms with E-state index in [9.17, 15) is 14.7 Å². The Balaban J connectivity index is 2.26. The van der Waals surface area contributed by atoms with Gasteiger partial charge >= 0.3 is 5.97 Å². The molecule has 1 aliphatic rings. The van der Waals surface area contributed by atoms with Crippen molar-refractivity contribution in [2.75, 3.05) is 27.2 Å². The van der Waals surface area contributed by atoms with E-state index in [0.29, 0.717) is 13.1 Å². The van der Waals surface area contributed by atoms with Crippen LogP contribution >= 0.6 is 0 Å². The molecule has 114 valence electrons. The highest BCUT2D eigenvalue weighted by Gasteiger charge is 2.39. The molecular formula is C16H22N2O3. The fourth-order valence-corrected chi connectivity index (χ4v) is 2.94. The second-order valence-corrected chi connectivity index (χ2v) is 5.96. The second kappa shape index (κ2) is 6.26. The molecular weight excluding hydrogens is 268 g/mol. The zero-order chi connectivity index (χ0) is 15.6. The molecule has 2 rings (SSSR count). The number of nitrogens with zero attached hydrogens (tertiary/aromatic N) is 2. The van der Waals surface area contributed by atoms with Crippen molar-refractivity contribution < 1.29 is 14.7 Å². The lowest BCUT2D eigenvalue weighted by Crippen LogP contribution is -2.27. The average Bonchev–Trinajstić information content (AvgIpc) is 2.83. The maximum atomic E-state index is 11.5. The number of carboxylic acids is 1. The van der Waals surface area contributed by atoms with E-state index in [2.05, 4.69) is 11.0 Å². The largest absolute Gasteiger partial charge is 0.481 e. The summed E-state index contributed by atoms with van der Waals surface area (Å²) >= 11 is 0. The van der Waals surface area contributed by atoms with Crippen molar-refractivity contribution >= 4 is 11.9 Å². The standard InChI is InChI=1S/C16H22N2O3/c1-11(19)18-9-14(15(10-18)16(20)21)13-6-4-5-12(7-13)8-17(2)3/h4-7,14-15H,8-10H2,1-3H3,(H,20,21)/t14-,15+/m0/s1. The maximum Gasteiger partial charge on any atom is 0.308 e. The molecule has 0 bridgehead atoms. The Hall–Kier alpha value is -1.88. The number of carbonyl (C=O) groups excluding carboxylic acids is 1. The van der Waals surface area contributed by atoms with E-state index in [1.807, 2.05) is 32.3 Å². The van der Waals surface area contributed by atoms with Crippen LogP contribution in [-0.2, 0) is 16.1 Å². The molecule has 1 aromatic carbocycles. The summed E-state index contributed by atoms with van der Waals surface area (Å²) in [5.41, 5.74) is 2.16. The van der Waals surface area contributed by atoms with E-state index in [0.717, 1.165) is 17.7 Å². The van der Waals surface area contributed by atoms with Crippen LogP contribution < -0.4 is 0 Å². The highest BCUT2D eigenvalue weighted by Crippen LogP contribution is 2.33. The molecule has 21 heavy (non-hydrogen) atoms. The van der Waals surface area contributed by atoms with Gasteiger partial charge in [0, 0.05) is 32.5 Å². The zero-order valence-electron chi connectivity index (χ0n) is 12.7. The van der Waals surface area contributed by atoms with Gasteiger partial charge in [0.05, 0.1) is 5.92 Å². The molecule has 1 N–H and O–H groups in total. The molecule has 0 radical (unpaired) electrons. The normalized spacial score (nSPS) is 21.8. The Kier molecular flexibility index (Phi) is 4.63. The average molecular weight is 290 g/mol. The molecule has 0 unspecified atom stereocenters. The number of carboxylic acid groups (broad SMARTS) is 1. The van der Waals surface area contributed by atoms with E-state index in [4.69, 9.17) is 0 Å². The van der Waals surface area contributed by atoms with Crippen LogP contribution in [0.2, 0.25) is 0 Å². The third-order valence-corrected chi connectivity index (χ3v) is 3.96. The summed E-state index contributed by atoms with van der Waals surface area (Å²) in [7, 11) is 4.00. The first kappa shape index (κ1) is 15.5. The molecule has 1 saturated heterocycles. The summed E-state index contributed by atoms with van der Waals surface area (Å²) in [6.45, 7) is 3.09. The summed E-state index contributed by atoms with van der Waals surface area (Å²) in [4.78, 5) is 26.7. The summed E-state index contributed by atoms with van der Waals surface area (Å²) in [6.07, 6.45) is 0. The van der Waals surface area contributed by atoms with Gasteiger partial charge in [-0.25, -0.2) is 0 Å². The fourth-order valence-electron chi connectivity index (χ4n) is 2.94. The van der Waals surface area contributed by atoms with Crippen molar-refractivity contribution in [3.8, 4) is 0 Å². The van der Waals surface area contributed by atoms with Crippen molar-refractivity contribution in [1.29, 1.82) is 0 Å². The maximum absolute atomic E-state index is 11.5. The van der Waals surface area contributed by atoms with Crippen LogP contribution in [0.15, 0.2) is 24.3 Å². The van der Waals surface area contributed by atoms with Gasteiger partial charge in [-0.3, -0.25) is 9.59 Å². The van der Waals surface area contributed by atoms with Gasteiger partial charge in [0.15, 0.2) is 0 Å². The van der Waals surface area contributed by atoms with Gasteiger partial charge < -0.3 is 14.9 Å². The highest BCUT2D eigenvalue weighted by molar-refractivity contribution is 5.78. The smallest absolute Gasteiger partial charge is 0.308 e. The molecule has 0 aromatic heterocycles. The number of benzene rings is 1. The molecule has 0 aliphatic carbocycles. The predicted octanol–water partition coefficient (Wildman–Crippen LogP) is 1.39. The lowest BCUT2D eigenvalue weighted by Gasteiger charge is -2.17. The van der Waals surface area contributed by atoms with Crippen molar-refractivity contribution in [3.63, 3.8) is 0 Å². The number of carbonyl (C=O) groups is 2. The van der Waals surface area contributed by atoms with Crippen LogP contribution in [0, 0.1) is 5.92 Å². The molecule has 2 atom stereocenters. The number of rotatable bonds is 4. The third-order valence-electron chi connectivity index (χ3n) is 3.96. The second-order valence-electron chi connectivity index (χ2n) is 5.96. The van der Waals surface area contributed by atoms with E-state index >= 15 is 0 Å². The number of likely N-dealkylation sites (tertiary alicyclic amines) is 1. The lowest BCUT2D eigenvalue weighted by molar-refractivity contribution is -0.141. The van der Waals surface area contributed by atoms with Gasteiger partial charge in [0.2, 0.25) is 5.91 Å². The Morgan fingerprint density at radius 2 is 2.05 bits per heavy atom. The zero-order valence-corrected chi connectivity index (χ0v) is 12.7. The van der Waals surface area contributed by atoms with E-state index in [1.54, 1.807) is 4.90 Å². The van der Waals surface area contributed by atoms with Crippen LogP contribution in [-0.4, -0.2) is 54.0 Å². The topological polar surface area (TPSA) is 60.9 Å². The third kappa shape index (κ3) is 3.61. The van der Waals surface area contributed by atoms with E-state index in [1.165, 1.54) is 6.92 Å². The monoisotopic (exact) mass is 290 g/mol. The van der Waals surface area contributed by atoms with Crippen LogP contribution in [0.3, 0.4) is 0 Å². The molecule has 1 aliphatic heterocycles. The van der Waals surface area contributed by atoms with Crippen molar-refractivity contribution in [2.24, 2.45) is 5.92 Å². The molecule has 0 saturated carbocycles. The minimum atomic E-state index is -0.832. The van der Waals surface area contributed by atoms with Gasteiger partial charge in [0.25, 0.3) is 0 Å². The molecule has 1 fully saturated rings. The van der Waals surface area contributed by atoms with Gasteiger partial charge in [-0.15, -0.1) is 0 Å². The summed E-state index contributed by atoms with van der Waals surface area (Å²) < 4.78 is 0. The molecule has 5 nitrogen and oxygen atoms in total. The predicted molar refractivity (Wildman–Crippen MR) is 80.0 cm³/mol. The van der Waals surface area contributed by atoms with Crippen molar-refractivity contribution in [2.45, 2.75) is 19.4 Å². The minimum absolute atomic E-state index is 0.0619. The molecule has 5 heteroatoms. The molecule has 1 amide bonds. The van der Waals surface area contributed by atoms with E-state index < -0.39 is 11.9 Å². The SMILES string of the molecule is CC(=O)N1C[C@@H](C(=O)O)[C@H](c2cccc(CN(C)C)c2)C1. The minimum Gasteiger partial charge on any atom is -0.481 e. The van der Waals surface area contributed by atoms with Gasteiger partial charge in [-0.2, -0.15) is 0 Å². The Labute approximate surface area is 125 Å². The van der Waals surface area contributed by atoms with E-state index in [-0.39, 0.29) is 11.8 Å². The first-order valence-electron chi connectivity index (χ1n) is 7.10. The first-order chi connectivity index (χ1) is 9.88. The highest BCUT2D eigenvalue weighted by atomic mass is 16.4. The van der Waals surface area contributed by atoms with Crippen LogP contribution in [0.25, 0.3) is 0 Å². The van der Waals surface area contributed by atoms with Crippen LogP contribution in [0.4, 0.5) is 0 Å². The van der Waals surface area contributed by atoms with Crippen molar-refractivity contribution in [1.82, 2.24) is 9.80 Å². The number of amides is 1. The van der Waals surface area contributed by atoms with Gasteiger partial charge in [0.1, 0.15) is 0 Å². The summed E-state index contributed by atoms with van der Waals surface area (Å²) in [5.74, 6) is -1.55. The number of aliphatic carboxylic acids is 1. The molecule has 1 heterocycles. The van der Waals surface area contributed by atoms with Crippen LogP contribution in [0.5, 0.6) is 0 Å². The number of hydrogen-bond acceptors (Lipinski definition) is 3. The number of hydrogen-bond donors (Lipinski definition) is 1. The Morgan fingerprint density at radius 3 is 2.62 bits per heavy atom. The summed E-state index contributed by atoms with van der Waals surface area (Å²) in [5, 5.41) is 9.41.